The molecule has 3 rings (SSSR count). The Morgan fingerprint density at radius 2 is 2.07 bits per heavy atom. The number of aromatic nitrogens is 3. The fourth-order valence-electron chi connectivity index (χ4n) is 3.50. The normalized spacial score (nSPS) is 13.6. The van der Waals surface area contributed by atoms with Crippen molar-refractivity contribution in [2.45, 2.75) is 44.8 Å². The summed E-state index contributed by atoms with van der Waals surface area (Å²) in [4.78, 5) is 6.76. The number of para-hydroxylation sites is 1. The van der Waals surface area contributed by atoms with Crippen LogP contribution in [0.15, 0.2) is 34.4 Å². The van der Waals surface area contributed by atoms with Gasteiger partial charge in [-0.3, -0.25) is 4.99 Å². The third kappa shape index (κ3) is 5.40. The Labute approximate surface area is 189 Å². The highest BCUT2D eigenvalue weighted by atomic mass is 127. The van der Waals surface area contributed by atoms with Gasteiger partial charge in [-0.25, -0.2) is 0 Å². The van der Waals surface area contributed by atoms with Crippen LogP contribution in [0.4, 0.5) is 5.69 Å². The summed E-state index contributed by atoms with van der Waals surface area (Å²) in [6.45, 7) is 7.28. The maximum Gasteiger partial charge on any atom is 0.198 e. The minimum atomic E-state index is 0. The van der Waals surface area contributed by atoms with Crippen molar-refractivity contribution in [3.8, 4) is 0 Å². The Morgan fingerprint density at radius 1 is 1.29 bits per heavy atom. The Balaban J connectivity index is 0.00000280. The summed E-state index contributed by atoms with van der Waals surface area (Å²) in [5.74, 6) is 2.61. The van der Waals surface area contributed by atoms with E-state index in [0.29, 0.717) is 5.92 Å². The number of benzene rings is 1. The molecular weight excluding hydrogens is 483 g/mol. The minimum absolute atomic E-state index is 0. The highest BCUT2D eigenvalue weighted by molar-refractivity contribution is 14.0. The van der Waals surface area contributed by atoms with E-state index in [2.05, 4.69) is 74.3 Å². The average Bonchev–Trinajstić information content (AvgIpc) is 3.26. The van der Waals surface area contributed by atoms with Gasteiger partial charge in [0.25, 0.3) is 0 Å². The van der Waals surface area contributed by atoms with E-state index in [4.69, 9.17) is 0 Å². The number of anilines is 1. The number of aryl methyl sites for hydroxylation is 1. The first-order valence-electron chi connectivity index (χ1n) is 9.66. The topological polar surface area (TPSA) is 58.3 Å². The number of nitrogens with one attached hydrogen (secondary N) is 1. The van der Waals surface area contributed by atoms with Crippen LogP contribution in [0.25, 0.3) is 0 Å². The Bertz CT molecular complexity index is 789. The highest BCUT2D eigenvalue weighted by Crippen LogP contribution is 2.27. The van der Waals surface area contributed by atoms with Gasteiger partial charge in [0.2, 0.25) is 0 Å². The molecule has 0 radical (unpaired) electrons. The number of thioether (sulfide) groups is 1. The van der Waals surface area contributed by atoms with Crippen LogP contribution in [0.1, 0.15) is 31.7 Å². The molecule has 0 amide bonds. The zero-order valence-electron chi connectivity index (χ0n) is 17.2. The van der Waals surface area contributed by atoms with Gasteiger partial charge in [0.1, 0.15) is 5.82 Å². The number of halogens is 1. The molecule has 1 aromatic heterocycles. The molecule has 1 aliphatic heterocycles. The molecule has 2 heterocycles. The molecule has 2 aromatic rings. The number of fused-ring (bicyclic) bond motifs is 1. The average molecular weight is 514 g/mol. The van der Waals surface area contributed by atoms with Crippen LogP contribution < -0.4 is 10.2 Å². The second kappa shape index (κ2) is 11.0. The lowest BCUT2D eigenvalue weighted by Crippen LogP contribution is -2.41. The number of nitrogens with zero attached hydrogens (tertiary/aromatic N) is 5. The lowest BCUT2D eigenvalue weighted by atomic mass is 10.2. The van der Waals surface area contributed by atoms with Crippen molar-refractivity contribution in [1.29, 1.82) is 0 Å². The molecule has 0 bridgehead atoms. The van der Waals surface area contributed by atoms with Crippen molar-refractivity contribution in [3.63, 3.8) is 0 Å². The molecule has 154 valence electrons. The van der Waals surface area contributed by atoms with E-state index in [1.165, 1.54) is 11.3 Å². The van der Waals surface area contributed by atoms with Crippen molar-refractivity contribution in [2.75, 3.05) is 31.3 Å². The summed E-state index contributed by atoms with van der Waals surface area (Å²) in [7, 11) is 1.85. The molecule has 8 heteroatoms. The fourth-order valence-corrected chi connectivity index (χ4v) is 4.03. The molecule has 0 spiro atoms. The molecular formula is C20H31IN6S. The van der Waals surface area contributed by atoms with Gasteiger partial charge in [-0.1, -0.05) is 43.8 Å². The second-order valence-electron chi connectivity index (χ2n) is 7.22. The van der Waals surface area contributed by atoms with Gasteiger partial charge >= 0.3 is 0 Å². The van der Waals surface area contributed by atoms with Gasteiger partial charge < -0.3 is 14.8 Å². The second-order valence-corrected chi connectivity index (χ2v) is 7.99. The molecule has 1 aromatic carbocycles. The largest absolute Gasteiger partial charge is 0.356 e. The summed E-state index contributed by atoms with van der Waals surface area (Å²) in [5, 5.41) is 13.3. The summed E-state index contributed by atoms with van der Waals surface area (Å²) in [6, 6.07) is 8.57. The summed E-state index contributed by atoms with van der Waals surface area (Å²) in [5.41, 5.74) is 2.67. The maximum absolute atomic E-state index is 4.48. The molecule has 0 atom stereocenters. The zero-order valence-corrected chi connectivity index (χ0v) is 20.3. The van der Waals surface area contributed by atoms with Crippen molar-refractivity contribution in [3.05, 3.63) is 35.7 Å². The highest BCUT2D eigenvalue weighted by Gasteiger charge is 2.22. The summed E-state index contributed by atoms with van der Waals surface area (Å²) < 4.78 is 2.26. The molecule has 0 aliphatic carbocycles. The van der Waals surface area contributed by atoms with Gasteiger partial charge in [0.05, 0.1) is 0 Å². The minimum Gasteiger partial charge on any atom is -0.356 e. The number of rotatable bonds is 7. The molecule has 0 unspecified atom stereocenters. The third-order valence-electron chi connectivity index (χ3n) is 4.74. The Kier molecular flexibility index (Phi) is 9.07. The van der Waals surface area contributed by atoms with Crippen LogP contribution in [0, 0.1) is 5.92 Å². The SMILES string of the molecule is CN=C(NCCCc1nnc(SC)n1CC(C)C)N1CCc2ccccc21.I. The molecule has 28 heavy (non-hydrogen) atoms. The smallest absolute Gasteiger partial charge is 0.198 e. The maximum atomic E-state index is 4.48. The van der Waals surface area contributed by atoms with Gasteiger partial charge in [0.15, 0.2) is 11.1 Å². The van der Waals surface area contributed by atoms with Crippen LogP contribution in [0.2, 0.25) is 0 Å². The Morgan fingerprint density at radius 3 is 2.79 bits per heavy atom. The molecule has 1 N–H and O–H groups in total. The van der Waals surface area contributed by atoms with Crippen LogP contribution in [0.5, 0.6) is 0 Å². The van der Waals surface area contributed by atoms with E-state index < -0.39 is 0 Å². The van der Waals surface area contributed by atoms with Crippen LogP contribution >= 0.6 is 35.7 Å². The lowest BCUT2D eigenvalue weighted by Gasteiger charge is -2.22. The van der Waals surface area contributed by atoms with Gasteiger partial charge in [-0.2, -0.15) is 0 Å². The van der Waals surface area contributed by atoms with Crippen LogP contribution in [-0.2, 0) is 19.4 Å². The number of hydrogen-bond donors (Lipinski definition) is 1. The predicted octanol–water partition coefficient (Wildman–Crippen LogP) is 3.84. The number of hydrogen-bond acceptors (Lipinski definition) is 4. The first-order valence-corrected chi connectivity index (χ1v) is 10.9. The van der Waals surface area contributed by atoms with Crippen molar-refractivity contribution in [1.82, 2.24) is 20.1 Å². The Hall–Kier alpha value is -1.29. The van der Waals surface area contributed by atoms with E-state index in [-0.39, 0.29) is 24.0 Å². The van der Waals surface area contributed by atoms with Crippen LogP contribution in [0.3, 0.4) is 0 Å². The predicted molar refractivity (Wildman–Crippen MR) is 129 cm³/mol. The van der Waals surface area contributed by atoms with Gasteiger partial charge in [0, 0.05) is 38.8 Å². The third-order valence-corrected chi connectivity index (χ3v) is 5.41. The van der Waals surface area contributed by atoms with Crippen LogP contribution in [-0.4, -0.2) is 47.1 Å². The molecule has 6 nitrogen and oxygen atoms in total. The van der Waals surface area contributed by atoms with Gasteiger partial charge in [-0.05, 0) is 36.6 Å². The molecule has 0 saturated heterocycles. The van der Waals surface area contributed by atoms with Crippen molar-refractivity contribution >= 4 is 47.4 Å². The molecule has 0 fully saturated rings. The zero-order chi connectivity index (χ0) is 19.2. The first kappa shape index (κ1) is 23.0. The summed E-state index contributed by atoms with van der Waals surface area (Å²) in [6.07, 6.45) is 5.05. The van der Waals surface area contributed by atoms with E-state index in [1.54, 1.807) is 11.8 Å². The monoisotopic (exact) mass is 514 g/mol. The van der Waals surface area contributed by atoms with Crippen molar-refractivity contribution < 1.29 is 0 Å². The number of aliphatic imine (C=N–C) groups is 1. The first-order chi connectivity index (χ1) is 13.1. The van der Waals surface area contributed by atoms with Gasteiger partial charge in [-0.15, -0.1) is 34.2 Å². The fraction of sp³-hybridized carbons (Fsp3) is 0.550. The van der Waals surface area contributed by atoms with E-state index in [1.807, 2.05) is 7.05 Å². The standard InChI is InChI=1S/C20H30N6S.HI/c1-15(2)14-26-18(23-24-20(26)27-4)10-7-12-22-19(21-3)25-13-11-16-8-5-6-9-17(16)25;/h5-6,8-9,15H,7,10-14H2,1-4H3,(H,21,22);1H. The quantitative estimate of drug-likeness (QED) is 0.200. The van der Waals surface area contributed by atoms with Crippen molar-refractivity contribution in [2.24, 2.45) is 10.9 Å². The van der Waals surface area contributed by atoms with E-state index in [9.17, 15) is 0 Å². The summed E-state index contributed by atoms with van der Waals surface area (Å²) >= 11 is 1.66. The lowest BCUT2D eigenvalue weighted by molar-refractivity contribution is 0.477. The molecule has 1 aliphatic rings. The van der Waals surface area contributed by atoms with E-state index >= 15 is 0 Å². The molecule has 0 saturated carbocycles. The van der Waals surface area contributed by atoms with E-state index in [0.717, 1.165) is 55.8 Å². The number of guanidine groups is 1.